The van der Waals surface area contributed by atoms with Gasteiger partial charge in [0, 0.05) is 48.9 Å². The molecule has 37 heavy (non-hydrogen) atoms. The van der Waals surface area contributed by atoms with Crippen molar-refractivity contribution < 1.29 is 4.79 Å². The fourth-order valence-corrected chi connectivity index (χ4v) is 5.57. The lowest BCUT2D eigenvalue weighted by molar-refractivity contribution is -0.134. The fraction of sp³-hybridized carbons (Fsp3) is 0.290. The number of nitrogens with zero attached hydrogens (tertiary/aromatic N) is 5. The molecule has 0 unspecified atom stereocenters. The molecule has 1 aliphatic carbocycles. The molecule has 0 saturated heterocycles. The lowest BCUT2D eigenvalue weighted by atomic mass is 9.99. The standard InChI is InChI=1S/C31H31N5O/c1-35-21-26(22-16-18-36(19-17-22)30(37)25-14-8-9-15-25)29-27(35)20-32-31(34-29)33-28(23-10-4-2-5-11-23)24-12-6-3-7-13-24/h2-7,10-13,16,20-21,25H,8-9,14-15,17-19H2,1H3. The molecule has 2 aromatic heterocycles. The van der Waals surface area contributed by atoms with Crippen molar-refractivity contribution >= 4 is 34.2 Å². The van der Waals surface area contributed by atoms with E-state index in [9.17, 15) is 4.79 Å². The van der Waals surface area contributed by atoms with E-state index in [-0.39, 0.29) is 5.92 Å². The molecule has 4 aromatic rings. The van der Waals surface area contributed by atoms with Crippen molar-refractivity contribution in [2.45, 2.75) is 32.1 Å². The van der Waals surface area contributed by atoms with Gasteiger partial charge in [0.2, 0.25) is 5.91 Å². The van der Waals surface area contributed by atoms with E-state index < -0.39 is 0 Å². The molecule has 0 N–H and O–H groups in total. The van der Waals surface area contributed by atoms with Crippen LogP contribution in [0.1, 0.15) is 48.8 Å². The Bertz CT molecular complexity index is 1440. The molecular formula is C31H31N5O. The molecule has 1 aliphatic heterocycles. The molecule has 3 heterocycles. The Morgan fingerprint density at radius 2 is 1.65 bits per heavy atom. The maximum absolute atomic E-state index is 12.9. The maximum Gasteiger partial charge on any atom is 0.250 e. The highest BCUT2D eigenvalue weighted by atomic mass is 16.2. The number of rotatable bonds is 5. The van der Waals surface area contributed by atoms with Crippen molar-refractivity contribution in [3.63, 3.8) is 0 Å². The molecule has 1 amide bonds. The van der Waals surface area contributed by atoms with Gasteiger partial charge in [-0.2, -0.15) is 0 Å². The summed E-state index contributed by atoms with van der Waals surface area (Å²) in [5.74, 6) is 1.00. The molecule has 0 spiro atoms. The van der Waals surface area contributed by atoms with Gasteiger partial charge in [0.25, 0.3) is 5.95 Å². The smallest absolute Gasteiger partial charge is 0.250 e. The van der Waals surface area contributed by atoms with Gasteiger partial charge < -0.3 is 9.47 Å². The topological polar surface area (TPSA) is 63.4 Å². The van der Waals surface area contributed by atoms with E-state index >= 15 is 0 Å². The summed E-state index contributed by atoms with van der Waals surface area (Å²) in [5, 5.41) is 0. The lowest BCUT2D eigenvalue weighted by Gasteiger charge is -2.28. The predicted octanol–water partition coefficient (Wildman–Crippen LogP) is 5.94. The third-order valence-electron chi connectivity index (χ3n) is 7.59. The third kappa shape index (κ3) is 4.71. The number of hydrogen-bond acceptors (Lipinski definition) is 4. The van der Waals surface area contributed by atoms with Crippen molar-refractivity contribution in [2.75, 3.05) is 13.1 Å². The minimum Gasteiger partial charge on any atom is -0.347 e. The zero-order valence-corrected chi connectivity index (χ0v) is 21.2. The van der Waals surface area contributed by atoms with E-state index in [2.05, 4.69) is 46.1 Å². The van der Waals surface area contributed by atoms with E-state index in [1.54, 1.807) is 0 Å². The van der Waals surface area contributed by atoms with Gasteiger partial charge in [-0.25, -0.2) is 15.0 Å². The largest absolute Gasteiger partial charge is 0.347 e. The molecule has 2 aliphatic rings. The van der Waals surface area contributed by atoms with E-state index in [1.165, 1.54) is 18.4 Å². The van der Waals surface area contributed by atoms with Crippen molar-refractivity contribution in [2.24, 2.45) is 18.0 Å². The Balaban J connectivity index is 1.35. The molecule has 2 aromatic carbocycles. The summed E-state index contributed by atoms with van der Waals surface area (Å²) in [6.45, 7) is 1.43. The Labute approximate surface area is 217 Å². The summed E-state index contributed by atoms with van der Waals surface area (Å²) in [5.41, 5.74) is 7.10. The molecule has 6 heteroatoms. The van der Waals surface area contributed by atoms with E-state index in [1.807, 2.05) is 54.5 Å². The van der Waals surface area contributed by atoms with Crippen molar-refractivity contribution in [3.05, 3.63) is 95.8 Å². The number of carbonyl (C=O) groups is 1. The zero-order valence-electron chi connectivity index (χ0n) is 21.2. The second-order valence-electron chi connectivity index (χ2n) is 9.99. The van der Waals surface area contributed by atoms with Crippen LogP contribution in [0.25, 0.3) is 16.6 Å². The normalized spacial score (nSPS) is 16.1. The van der Waals surface area contributed by atoms with E-state index in [0.717, 1.165) is 59.2 Å². The van der Waals surface area contributed by atoms with Crippen LogP contribution < -0.4 is 0 Å². The quantitative estimate of drug-likeness (QED) is 0.326. The third-order valence-corrected chi connectivity index (χ3v) is 7.59. The number of aromatic nitrogens is 3. The Morgan fingerprint density at radius 3 is 2.27 bits per heavy atom. The second-order valence-corrected chi connectivity index (χ2v) is 9.99. The van der Waals surface area contributed by atoms with Gasteiger partial charge in [0.15, 0.2) is 0 Å². The summed E-state index contributed by atoms with van der Waals surface area (Å²) in [6, 6.07) is 20.3. The van der Waals surface area contributed by atoms with Crippen LogP contribution in [0.5, 0.6) is 0 Å². The van der Waals surface area contributed by atoms with Crippen LogP contribution in [0.4, 0.5) is 5.95 Å². The van der Waals surface area contributed by atoms with E-state index in [0.29, 0.717) is 18.4 Å². The molecule has 0 radical (unpaired) electrons. The molecule has 6 nitrogen and oxygen atoms in total. The van der Waals surface area contributed by atoms with Crippen LogP contribution in [0, 0.1) is 5.92 Å². The van der Waals surface area contributed by atoms with E-state index in [4.69, 9.17) is 9.98 Å². The van der Waals surface area contributed by atoms with Crippen LogP contribution in [0.15, 0.2) is 84.1 Å². The highest BCUT2D eigenvalue weighted by Crippen LogP contribution is 2.32. The minimum absolute atomic E-state index is 0.226. The Hall–Kier alpha value is -4.06. The number of amides is 1. The van der Waals surface area contributed by atoms with Crippen LogP contribution in [-0.2, 0) is 11.8 Å². The summed E-state index contributed by atoms with van der Waals surface area (Å²) in [7, 11) is 2.02. The summed E-state index contributed by atoms with van der Waals surface area (Å²) in [6.07, 6.45) is 11.5. The Morgan fingerprint density at radius 1 is 0.973 bits per heavy atom. The second kappa shape index (κ2) is 10.1. The van der Waals surface area contributed by atoms with Crippen LogP contribution in [-0.4, -0.2) is 44.1 Å². The monoisotopic (exact) mass is 489 g/mol. The first kappa shape index (κ1) is 23.3. The molecule has 0 atom stereocenters. The first-order chi connectivity index (χ1) is 18.2. The average Bonchev–Trinajstić information content (AvgIpc) is 3.61. The number of carbonyl (C=O) groups excluding carboxylic acids is 1. The molecule has 1 fully saturated rings. The first-order valence-electron chi connectivity index (χ1n) is 13.2. The van der Waals surface area contributed by atoms with Crippen molar-refractivity contribution in [1.82, 2.24) is 19.4 Å². The number of aliphatic imine (C=N–C) groups is 1. The highest BCUT2D eigenvalue weighted by Gasteiger charge is 2.28. The lowest BCUT2D eigenvalue weighted by Crippen LogP contribution is -2.38. The van der Waals surface area contributed by atoms with Gasteiger partial charge in [-0.3, -0.25) is 4.79 Å². The predicted molar refractivity (Wildman–Crippen MR) is 148 cm³/mol. The van der Waals surface area contributed by atoms with Crippen LogP contribution in [0.3, 0.4) is 0 Å². The Kier molecular flexibility index (Phi) is 6.39. The van der Waals surface area contributed by atoms with Gasteiger partial charge in [0.05, 0.1) is 17.4 Å². The number of hydrogen-bond donors (Lipinski definition) is 0. The molecular weight excluding hydrogens is 458 g/mol. The van der Waals surface area contributed by atoms with Gasteiger partial charge in [-0.15, -0.1) is 0 Å². The minimum atomic E-state index is 0.226. The van der Waals surface area contributed by atoms with Gasteiger partial charge in [-0.05, 0) is 24.8 Å². The van der Waals surface area contributed by atoms with Gasteiger partial charge in [0.1, 0.15) is 5.52 Å². The average molecular weight is 490 g/mol. The SMILES string of the molecule is Cn1cc(C2=CCN(C(=O)C3CCCC3)CC2)c2nc(N=C(c3ccccc3)c3ccccc3)ncc21. The number of fused-ring (bicyclic) bond motifs is 1. The van der Waals surface area contributed by atoms with Gasteiger partial charge in [-0.1, -0.05) is 79.6 Å². The van der Waals surface area contributed by atoms with Crippen molar-refractivity contribution in [3.8, 4) is 0 Å². The molecule has 186 valence electrons. The summed E-state index contributed by atoms with van der Waals surface area (Å²) < 4.78 is 2.07. The van der Waals surface area contributed by atoms with Crippen molar-refractivity contribution in [1.29, 1.82) is 0 Å². The van der Waals surface area contributed by atoms with Crippen LogP contribution in [0.2, 0.25) is 0 Å². The summed E-state index contributed by atoms with van der Waals surface area (Å²) in [4.78, 5) is 29.4. The molecule has 1 saturated carbocycles. The zero-order chi connectivity index (χ0) is 25.2. The molecule has 0 bridgehead atoms. The number of aryl methyl sites for hydroxylation is 1. The fourth-order valence-electron chi connectivity index (χ4n) is 5.57. The van der Waals surface area contributed by atoms with Gasteiger partial charge >= 0.3 is 0 Å². The number of benzene rings is 2. The molecule has 6 rings (SSSR count). The highest BCUT2D eigenvalue weighted by molar-refractivity contribution is 6.13. The maximum atomic E-state index is 12.9. The first-order valence-corrected chi connectivity index (χ1v) is 13.2. The van der Waals surface area contributed by atoms with Crippen LogP contribution >= 0.6 is 0 Å². The summed E-state index contributed by atoms with van der Waals surface area (Å²) >= 11 is 0.